The molecule has 2 heterocycles. The van der Waals surface area contributed by atoms with Crippen LogP contribution in [0.15, 0.2) is 158 Å². The second kappa shape index (κ2) is 26.0. The van der Waals surface area contributed by atoms with Gasteiger partial charge in [-0.3, -0.25) is 29.0 Å². The fourth-order valence-corrected chi connectivity index (χ4v) is 13.5. The molecule has 2 aliphatic rings. The van der Waals surface area contributed by atoms with Crippen molar-refractivity contribution in [2.45, 2.75) is 131 Å². The topological polar surface area (TPSA) is 164 Å². The minimum Gasteiger partial charge on any atom is -0.456 e. The number of fused-ring (bicyclic) bond motifs is 2. The van der Waals surface area contributed by atoms with Crippen LogP contribution in [-0.4, -0.2) is 69.8 Å². The number of rotatable bonds is 18. The maximum absolute atomic E-state index is 16.1. The van der Waals surface area contributed by atoms with Crippen molar-refractivity contribution in [2.75, 3.05) is 0 Å². The summed E-state index contributed by atoms with van der Waals surface area (Å²) in [5.41, 5.74) is 3.19. The molecule has 2 unspecified atom stereocenters. The number of para-hydroxylation sites is 2. The Morgan fingerprint density at radius 1 is 0.314 bits per heavy atom. The number of halogens is 6. The third kappa shape index (κ3) is 12.2. The van der Waals surface area contributed by atoms with E-state index in [1.807, 2.05) is 79.7 Å². The van der Waals surface area contributed by atoms with Gasteiger partial charge >= 0.3 is 24.3 Å². The number of hydrogen-bond donors (Lipinski definition) is 0. The number of nitrogens with zero attached hydrogens (tertiary/aromatic N) is 2. The van der Waals surface area contributed by atoms with Gasteiger partial charge < -0.3 is 28.4 Å². The molecule has 11 aromatic rings. The Bertz CT molecular complexity index is 4740. The Morgan fingerprint density at radius 3 is 0.755 bits per heavy atom. The highest BCUT2D eigenvalue weighted by atomic mass is 19.4. The molecule has 520 valence electrons. The van der Waals surface area contributed by atoms with Gasteiger partial charge in [0.25, 0.3) is 23.6 Å². The summed E-state index contributed by atoms with van der Waals surface area (Å²) in [6.45, 7) is 22.7. The number of imide groups is 2. The summed E-state index contributed by atoms with van der Waals surface area (Å²) in [5.74, 6) is -11.9. The fraction of sp³-hybridized carbons (Fsp3) is 0.244. The van der Waals surface area contributed by atoms with Crippen molar-refractivity contribution in [3.05, 3.63) is 224 Å². The predicted molar refractivity (Wildman–Crippen MR) is 374 cm³/mol. The van der Waals surface area contributed by atoms with Crippen LogP contribution >= 0.6 is 0 Å². The number of amides is 4. The van der Waals surface area contributed by atoms with E-state index in [1.54, 1.807) is 76.2 Å². The Kier molecular flexibility index (Phi) is 17.7. The van der Waals surface area contributed by atoms with Crippen molar-refractivity contribution in [1.82, 2.24) is 9.80 Å². The second-order valence-corrected chi connectivity index (χ2v) is 27.1. The molecule has 0 fully saturated rings. The smallest absolute Gasteiger partial charge is 0.420 e. The summed E-state index contributed by atoms with van der Waals surface area (Å²) in [6, 6.07) is 32.1. The van der Waals surface area contributed by atoms with Crippen molar-refractivity contribution in [1.29, 1.82) is 0 Å². The number of aryl methyl sites for hydroxylation is 4. The monoisotopic (exact) mass is 1390 g/mol. The quantitative estimate of drug-likeness (QED) is 0.0200. The van der Waals surface area contributed by atoms with Crippen LogP contribution < -0.4 is 28.4 Å². The van der Waals surface area contributed by atoms with Gasteiger partial charge in [0.05, 0.1) is 22.3 Å². The molecule has 0 aliphatic carbocycles. The molecule has 0 saturated carbocycles. The predicted octanol–water partition coefficient (Wildman–Crippen LogP) is 20.9. The first kappa shape index (κ1) is 69.2. The molecule has 0 N–H and O–H groups in total. The Balaban J connectivity index is 1.24. The van der Waals surface area contributed by atoms with Crippen LogP contribution in [0.4, 0.5) is 26.3 Å². The van der Waals surface area contributed by atoms with Crippen LogP contribution in [0, 0.1) is 27.7 Å². The number of esters is 2. The van der Waals surface area contributed by atoms with Crippen molar-refractivity contribution in [3.63, 3.8) is 0 Å². The van der Waals surface area contributed by atoms with Crippen molar-refractivity contribution in [3.8, 4) is 57.5 Å². The van der Waals surface area contributed by atoms with Gasteiger partial charge in [0.15, 0.2) is 0 Å². The summed E-state index contributed by atoms with van der Waals surface area (Å²) in [4.78, 5) is 92.0. The van der Waals surface area contributed by atoms with E-state index >= 15 is 45.5 Å². The molecule has 0 bridgehead atoms. The molecule has 11 aromatic carbocycles. The first-order chi connectivity index (χ1) is 48.3. The zero-order chi connectivity index (χ0) is 73.0. The molecule has 0 saturated heterocycles. The van der Waals surface area contributed by atoms with E-state index in [4.69, 9.17) is 28.4 Å². The number of ether oxygens (including phenoxy) is 6. The maximum Gasteiger partial charge on any atom is 0.420 e. The molecular weight excluding hydrogens is 1320 g/mol. The summed E-state index contributed by atoms with van der Waals surface area (Å²) in [6.07, 6.45) is -11.4. The number of hydrogen-bond acceptors (Lipinski definition) is 12. The normalized spacial score (nSPS) is 14.0. The summed E-state index contributed by atoms with van der Waals surface area (Å²) < 4.78 is 136. The summed E-state index contributed by atoms with van der Waals surface area (Å²) in [7, 11) is 0. The maximum atomic E-state index is 16.1. The van der Waals surface area contributed by atoms with Crippen LogP contribution in [0.25, 0.3) is 43.1 Å². The highest BCUT2D eigenvalue weighted by molar-refractivity contribution is 6.45. The molecule has 20 heteroatoms. The average Bonchev–Trinajstić information content (AvgIpc) is 0.670. The number of carbonyl (C=O) groups excluding carboxylic acids is 6. The lowest BCUT2D eigenvalue weighted by Gasteiger charge is -2.36. The highest BCUT2D eigenvalue weighted by Gasteiger charge is 2.58. The molecule has 0 spiro atoms. The standard InChI is InChI=1S/C82H68F6N2O12/c1-39(2)47-23-27-57(43(9)31-47)99-61-35-53-65-54(76(92)89(75(53)91)73(81(83,84)85)79(95)97-51-19-15-13-16-20-51)37-63(101-59-29-25-49(41(5)6)33-45(59)11)69-70-64(102-60-30-26-50(42(7)8)34-46(60)12)38-56-66-55(77(93)90(78(56)94)74(82(86,87)88)80(96)98-52-21-17-14-18-22-52)36-62(68(72(66)70)67(61)71(65)69)100-58-28-24-48(40(3)4)32-44(58)10/h13-42,73-74H,1-12H3. The Hall–Kier alpha value is -11.3. The third-order valence-electron chi connectivity index (χ3n) is 18.8. The van der Waals surface area contributed by atoms with Crippen LogP contribution in [0.1, 0.15) is 165 Å². The molecular formula is C82H68F6N2O12. The van der Waals surface area contributed by atoms with Gasteiger partial charge in [0, 0.05) is 43.1 Å². The third-order valence-corrected chi connectivity index (χ3v) is 18.8. The van der Waals surface area contributed by atoms with Gasteiger partial charge in [-0.2, -0.15) is 26.3 Å². The zero-order valence-electron chi connectivity index (χ0n) is 57.5. The minimum atomic E-state index is -5.68. The average molecular weight is 1390 g/mol. The minimum absolute atomic E-state index is 0.00520. The highest BCUT2D eigenvalue weighted by Crippen LogP contribution is 2.59. The lowest BCUT2D eigenvalue weighted by atomic mass is 9.80. The van der Waals surface area contributed by atoms with E-state index in [1.165, 1.54) is 60.7 Å². The molecule has 13 rings (SSSR count). The van der Waals surface area contributed by atoms with E-state index in [9.17, 15) is 9.59 Å². The molecule has 102 heavy (non-hydrogen) atoms. The zero-order valence-corrected chi connectivity index (χ0v) is 57.5. The van der Waals surface area contributed by atoms with E-state index < -0.39 is 82.3 Å². The number of benzene rings is 11. The summed E-state index contributed by atoms with van der Waals surface area (Å²) in [5, 5.41) is -1.20. The Morgan fingerprint density at radius 2 is 0.549 bits per heavy atom. The van der Waals surface area contributed by atoms with E-state index in [0.29, 0.717) is 22.3 Å². The van der Waals surface area contributed by atoms with Gasteiger partial charge in [-0.25, -0.2) is 9.59 Å². The van der Waals surface area contributed by atoms with Gasteiger partial charge in [-0.1, -0.05) is 140 Å². The van der Waals surface area contributed by atoms with E-state index in [0.717, 1.165) is 46.5 Å². The Labute approximate surface area is 582 Å². The lowest BCUT2D eigenvalue weighted by Crippen LogP contribution is -2.58. The molecule has 14 nitrogen and oxygen atoms in total. The second-order valence-electron chi connectivity index (χ2n) is 27.1. The van der Waals surface area contributed by atoms with Crippen molar-refractivity contribution >= 4 is 78.7 Å². The fourth-order valence-electron chi connectivity index (χ4n) is 13.5. The molecule has 2 aliphatic heterocycles. The van der Waals surface area contributed by atoms with Crippen LogP contribution in [0.5, 0.6) is 57.5 Å². The van der Waals surface area contributed by atoms with Crippen molar-refractivity contribution in [2.24, 2.45) is 0 Å². The molecule has 0 radical (unpaired) electrons. The first-order valence-electron chi connectivity index (χ1n) is 33.2. The SMILES string of the molecule is Cc1cc(C(C)C)ccc1Oc1cc2c3c(cc(Oc4ccc(C(C)C)cc4C)c4c5c(Oc6ccc(C(C)C)cc6C)cc6c7c(cc(Oc8ccc(C(C)C)cc8C)c(c1c34)c75)C(=O)N(C(C(=O)Oc1ccccc1)C(F)(F)F)C6=O)C(=O)N(C(C(=O)Oc1ccccc1)C(F)(F)F)C2=O. The van der Waals surface area contributed by atoms with Crippen molar-refractivity contribution < 1.29 is 83.5 Å². The van der Waals surface area contributed by atoms with Crippen LogP contribution in [-0.2, 0) is 9.59 Å². The van der Waals surface area contributed by atoms with E-state index in [-0.39, 0.29) is 134 Å². The lowest BCUT2D eigenvalue weighted by molar-refractivity contribution is -0.189. The number of carbonyl (C=O) groups is 6. The van der Waals surface area contributed by atoms with Gasteiger partial charge in [0.2, 0.25) is 12.1 Å². The molecule has 0 aromatic heterocycles. The largest absolute Gasteiger partial charge is 0.456 e. The number of alkyl halides is 6. The van der Waals surface area contributed by atoms with Gasteiger partial charge in [-0.05, 0) is 169 Å². The van der Waals surface area contributed by atoms with Gasteiger partial charge in [-0.15, -0.1) is 0 Å². The summed E-state index contributed by atoms with van der Waals surface area (Å²) >= 11 is 0. The van der Waals surface area contributed by atoms with Gasteiger partial charge in [0.1, 0.15) is 57.5 Å². The van der Waals surface area contributed by atoms with E-state index in [2.05, 4.69) is 0 Å². The van der Waals surface area contributed by atoms with Crippen LogP contribution in [0.3, 0.4) is 0 Å². The van der Waals surface area contributed by atoms with Crippen LogP contribution in [0.2, 0.25) is 0 Å². The molecule has 2 atom stereocenters. The first-order valence-corrected chi connectivity index (χ1v) is 33.2. The molecule has 4 amide bonds.